The smallest absolute Gasteiger partial charge is 0.136 e. The lowest BCUT2D eigenvalue weighted by atomic mass is 9.91. The summed E-state index contributed by atoms with van der Waals surface area (Å²) < 4.78 is 8.64. The molecule has 0 atom stereocenters. The lowest BCUT2D eigenvalue weighted by Gasteiger charge is -2.14. The summed E-state index contributed by atoms with van der Waals surface area (Å²) in [6, 6.07) is 54.9. The minimum Gasteiger partial charge on any atom is -0.456 e. The van der Waals surface area contributed by atoms with Crippen LogP contribution >= 0.6 is 0 Å². The van der Waals surface area contributed by atoms with Crippen LogP contribution in [0.2, 0.25) is 0 Å². The van der Waals surface area contributed by atoms with Crippen molar-refractivity contribution in [1.82, 2.24) is 4.57 Å². The molecular formula is C42H25NO. The third-order valence-electron chi connectivity index (χ3n) is 9.36. The summed E-state index contributed by atoms with van der Waals surface area (Å²) >= 11 is 0. The van der Waals surface area contributed by atoms with Crippen molar-refractivity contribution in [2.45, 2.75) is 0 Å². The molecule has 0 spiro atoms. The molecule has 2 aromatic heterocycles. The second-order valence-corrected chi connectivity index (χ2v) is 11.7. The van der Waals surface area contributed by atoms with Gasteiger partial charge in [-0.15, -0.1) is 0 Å². The van der Waals surface area contributed by atoms with Gasteiger partial charge in [0.2, 0.25) is 0 Å². The fourth-order valence-corrected chi connectivity index (χ4v) is 7.36. The summed E-state index contributed by atoms with van der Waals surface area (Å²) in [5.74, 6) is 0. The molecule has 2 heteroatoms. The highest BCUT2D eigenvalue weighted by molar-refractivity contribution is 6.29. The number of fused-ring (bicyclic) bond motifs is 12. The number of nitrogens with zero attached hydrogens (tertiary/aromatic N) is 1. The van der Waals surface area contributed by atoms with Crippen molar-refractivity contribution in [3.05, 3.63) is 152 Å². The average molecular weight is 560 g/mol. The molecule has 0 aliphatic carbocycles. The van der Waals surface area contributed by atoms with Gasteiger partial charge in [-0.2, -0.15) is 0 Å². The van der Waals surface area contributed by atoms with Gasteiger partial charge in [-0.1, -0.05) is 97.1 Å². The van der Waals surface area contributed by atoms with Gasteiger partial charge < -0.3 is 8.98 Å². The highest BCUT2D eigenvalue weighted by Crippen LogP contribution is 2.42. The molecule has 0 saturated carbocycles. The van der Waals surface area contributed by atoms with Crippen LogP contribution in [0.3, 0.4) is 0 Å². The molecule has 2 heterocycles. The van der Waals surface area contributed by atoms with Crippen molar-refractivity contribution in [3.8, 4) is 16.8 Å². The van der Waals surface area contributed by atoms with Gasteiger partial charge in [-0.05, 0) is 98.0 Å². The van der Waals surface area contributed by atoms with Gasteiger partial charge in [0.15, 0.2) is 0 Å². The topological polar surface area (TPSA) is 18.1 Å². The predicted molar refractivity (Wildman–Crippen MR) is 186 cm³/mol. The molecule has 0 radical (unpaired) electrons. The Bertz CT molecular complexity index is 2760. The van der Waals surface area contributed by atoms with Crippen molar-refractivity contribution in [3.63, 3.8) is 0 Å². The number of rotatable bonds is 2. The first kappa shape index (κ1) is 23.7. The van der Waals surface area contributed by atoms with Crippen LogP contribution in [-0.2, 0) is 0 Å². The van der Waals surface area contributed by atoms with E-state index in [1.165, 1.54) is 65.4 Å². The van der Waals surface area contributed by atoms with E-state index in [2.05, 4.69) is 144 Å². The SMILES string of the molecule is c1ccc(-n2c3ccccc3c3cc4c5ccc(-c6ccc7c(c6)oc6ccccc67)cc5c5ccccc5c4cc32)cc1. The summed E-state index contributed by atoms with van der Waals surface area (Å²) in [6.45, 7) is 0. The lowest BCUT2D eigenvalue weighted by molar-refractivity contribution is 0.669. The minimum atomic E-state index is 0.921. The number of para-hydroxylation sites is 3. The summed E-state index contributed by atoms with van der Waals surface area (Å²) in [5, 5.41) is 12.5. The summed E-state index contributed by atoms with van der Waals surface area (Å²) in [6.07, 6.45) is 0. The maximum Gasteiger partial charge on any atom is 0.136 e. The van der Waals surface area contributed by atoms with E-state index in [4.69, 9.17) is 4.42 Å². The molecule has 0 bridgehead atoms. The molecule has 0 amide bonds. The van der Waals surface area contributed by atoms with E-state index in [-0.39, 0.29) is 0 Å². The second-order valence-electron chi connectivity index (χ2n) is 11.7. The third-order valence-corrected chi connectivity index (χ3v) is 9.36. The molecule has 0 unspecified atom stereocenters. The second kappa shape index (κ2) is 8.82. The van der Waals surface area contributed by atoms with Gasteiger partial charge in [-0.25, -0.2) is 0 Å². The van der Waals surface area contributed by atoms with Gasteiger partial charge in [0, 0.05) is 27.2 Å². The Morgan fingerprint density at radius 1 is 0.318 bits per heavy atom. The standard InChI is InChI=1S/C42H25NO/c1-2-10-28(11-3-1)43-39-16-8-6-14-32(39)38-24-36-31-20-18-26(22-35(31)29-12-4-5-13-30(29)37(36)25-40(38)43)27-19-21-34-33-15-7-9-17-41(33)44-42(34)23-27/h1-25H. The molecule has 0 aliphatic rings. The van der Waals surface area contributed by atoms with E-state index in [0.717, 1.165) is 27.5 Å². The van der Waals surface area contributed by atoms with Gasteiger partial charge in [0.1, 0.15) is 11.2 Å². The first-order valence-electron chi connectivity index (χ1n) is 15.1. The van der Waals surface area contributed by atoms with Crippen LogP contribution in [0.15, 0.2) is 156 Å². The molecule has 10 rings (SSSR count). The first-order valence-corrected chi connectivity index (χ1v) is 15.1. The molecule has 0 aliphatic heterocycles. The van der Waals surface area contributed by atoms with Crippen molar-refractivity contribution >= 4 is 76.1 Å². The monoisotopic (exact) mass is 559 g/mol. The van der Waals surface area contributed by atoms with Crippen LogP contribution in [0.4, 0.5) is 0 Å². The van der Waals surface area contributed by atoms with E-state index < -0.39 is 0 Å². The summed E-state index contributed by atoms with van der Waals surface area (Å²) in [5.41, 5.74) is 7.82. The number of hydrogen-bond donors (Lipinski definition) is 0. The fraction of sp³-hybridized carbons (Fsp3) is 0. The van der Waals surface area contributed by atoms with Crippen molar-refractivity contribution < 1.29 is 4.42 Å². The first-order chi connectivity index (χ1) is 21.8. The zero-order chi connectivity index (χ0) is 28.8. The third kappa shape index (κ3) is 3.25. The van der Waals surface area contributed by atoms with E-state index in [0.29, 0.717) is 0 Å². The van der Waals surface area contributed by atoms with E-state index >= 15 is 0 Å². The zero-order valence-electron chi connectivity index (χ0n) is 23.8. The van der Waals surface area contributed by atoms with Crippen LogP contribution in [0.5, 0.6) is 0 Å². The fourth-order valence-electron chi connectivity index (χ4n) is 7.36. The van der Waals surface area contributed by atoms with E-state index in [1.807, 2.05) is 12.1 Å². The maximum absolute atomic E-state index is 6.24. The normalized spacial score (nSPS) is 12.1. The molecule has 2 nitrogen and oxygen atoms in total. The van der Waals surface area contributed by atoms with Crippen molar-refractivity contribution in [1.29, 1.82) is 0 Å². The average Bonchev–Trinajstić information content (AvgIpc) is 3.62. The Morgan fingerprint density at radius 2 is 0.886 bits per heavy atom. The van der Waals surface area contributed by atoms with Crippen molar-refractivity contribution in [2.75, 3.05) is 0 Å². The largest absolute Gasteiger partial charge is 0.456 e. The highest BCUT2D eigenvalue weighted by atomic mass is 16.3. The molecule has 8 aromatic carbocycles. The van der Waals surface area contributed by atoms with Gasteiger partial charge in [0.25, 0.3) is 0 Å². The lowest BCUT2D eigenvalue weighted by Crippen LogP contribution is -1.93. The summed E-state index contributed by atoms with van der Waals surface area (Å²) in [4.78, 5) is 0. The molecule has 204 valence electrons. The van der Waals surface area contributed by atoms with Gasteiger partial charge in [-0.3, -0.25) is 0 Å². The zero-order valence-corrected chi connectivity index (χ0v) is 23.8. The molecule has 44 heavy (non-hydrogen) atoms. The van der Waals surface area contributed by atoms with Crippen molar-refractivity contribution in [2.24, 2.45) is 0 Å². The Labute approximate surface area is 253 Å². The number of furan rings is 1. The maximum atomic E-state index is 6.24. The number of hydrogen-bond acceptors (Lipinski definition) is 1. The molecule has 0 saturated heterocycles. The Morgan fingerprint density at radius 3 is 1.70 bits per heavy atom. The molecule has 0 fully saturated rings. The van der Waals surface area contributed by atoms with E-state index in [9.17, 15) is 0 Å². The van der Waals surface area contributed by atoms with E-state index in [1.54, 1.807) is 0 Å². The molecule has 0 N–H and O–H groups in total. The predicted octanol–water partition coefficient (Wildman–Crippen LogP) is 11.8. The summed E-state index contributed by atoms with van der Waals surface area (Å²) in [7, 11) is 0. The Hall–Kier alpha value is -5.86. The van der Waals surface area contributed by atoms with Gasteiger partial charge >= 0.3 is 0 Å². The van der Waals surface area contributed by atoms with Gasteiger partial charge in [0.05, 0.1) is 11.0 Å². The van der Waals surface area contributed by atoms with Crippen LogP contribution in [0.1, 0.15) is 0 Å². The quantitative estimate of drug-likeness (QED) is 0.193. The minimum absolute atomic E-state index is 0.921. The Balaban J connectivity index is 1.27. The van der Waals surface area contributed by atoms with Crippen LogP contribution < -0.4 is 0 Å². The number of benzene rings is 8. The highest BCUT2D eigenvalue weighted by Gasteiger charge is 2.17. The van der Waals surface area contributed by atoms with Crippen LogP contribution in [-0.4, -0.2) is 4.57 Å². The number of aromatic nitrogens is 1. The molecule has 10 aromatic rings. The van der Waals surface area contributed by atoms with Crippen LogP contribution in [0, 0.1) is 0 Å². The Kier molecular flexibility index (Phi) is 4.75. The van der Waals surface area contributed by atoms with Crippen LogP contribution in [0.25, 0.3) is 92.9 Å². The molecular weight excluding hydrogens is 534 g/mol.